The van der Waals surface area contributed by atoms with Crippen LogP contribution in [0.25, 0.3) is 11.4 Å². The number of nitrogens with zero attached hydrogens (tertiary/aromatic N) is 5. The standard InChI is InChI=1S/C23H26N6O/c30-23-19-16-28(13-8-20(19)26-22(27-23)18-6-9-24-10-7-18)15-17-4-5-21(25-14-17)29-11-2-1-3-12-29/h4-7,9-10,14H,1-3,8,11-13,15-16H2,(H,26,27,30). The van der Waals surface area contributed by atoms with Gasteiger partial charge in [0.15, 0.2) is 0 Å². The van der Waals surface area contributed by atoms with Gasteiger partial charge in [-0.05, 0) is 43.0 Å². The molecule has 0 aliphatic carbocycles. The molecule has 2 aliphatic rings. The van der Waals surface area contributed by atoms with Crippen LogP contribution in [0.4, 0.5) is 5.82 Å². The van der Waals surface area contributed by atoms with Crippen molar-refractivity contribution < 1.29 is 0 Å². The van der Waals surface area contributed by atoms with E-state index in [1.807, 2.05) is 18.3 Å². The molecule has 0 unspecified atom stereocenters. The fourth-order valence-electron chi connectivity index (χ4n) is 4.34. The van der Waals surface area contributed by atoms with E-state index in [1.165, 1.54) is 24.8 Å². The minimum Gasteiger partial charge on any atom is -0.357 e. The van der Waals surface area contributed by atoms with E-state index >= 15 is 0 Å². The van der Waals surface area contributed by atoms with Crippen molar-refractivity contribution in [3.63, 3.8) is 0 Å². The zero-order valence-electron chi connectivity index (χ0n) is 17.0. The zero-order valence-corrected chi connectivity index (χ0v) is 17.0. The maximum absolute atomic E-state index is 12.7. The van der Waals surface area contributed by atoms with E-state index in [0.29, 0.717) is 12.4 Å². The van der Waals surface area contributed by atoms with Crippen molar-refractivity contribution in [2.75, 3.05) is 24.5 Å². The third kappa shape index (κ3) is 3.98. The summed E-state index contributed by atoms with van der Waals surface area (Å²) in [6.07, 6.45) is 10.0. The van der Waals surface area contributed by atoms with Crippen molar-refractivity contribution >= 4 is 5.82 Å². The van der Waals surface area contributed by atoms with Gasteiger partial charge in [0, 0.05) is 63.3 Å². The Balaban J connectivity index is 1.28. The lowest BCUT2D eigenvalue weighted by molar-refractivity contribution is 0.241. The molecule has 1 fully saturated rings. The smallest absolute Gasteiger partial charge is 0.255 e. The largest absolute Gasteiger partial charge is 0.357 e. The number of rotatable bonds is 4. The van der Waals surface area contributed by atoms with Gasteiger partial charge in [-0.25, -0.2) is 9.97 Å². The minimum absolute atomic E-state index is 0.0462. The van der Waals surface area contributed by atoms with Gasteiger partial charge in [0.1, 0.15) is 11.6 Å². The summed E-state index contributed by atoms with van der Waals surface area (Å²) < 4.78 is 0. The fourth-order valence-corrected chi connectivity index (χ4v) is 4.34. The van der Waals surface area contributed by atoms with Crippen molar-refractivity contribution in [3.05, 3.63) is 70.0 Å². The Morgan fingerprint density at radius 2 is 1.83 bits per heavy atom. The van der Waals surface area contributed by atoms with Gasteiger partial charge in [0.2, 0.25) is 0 Å². The van der Waals surface area contributed by atoms with Crippen LogP contribution in [0, 0.1) is 0 Å². The Bertz CT molecular complexity index is 1060. The molecule has 3 aromatic heterocycles. The van der Waals surface area contributed by atoms with Crippen LogP contribution in [-0.2, 0) is 19.5 Å². The number of H-pyrrole nitrogens is 1. The van der Waals surface area contributed by atoms with E-state index in [9.17, 15) is 4.79 Å². The molecule has 0 amide bonds. The first-order valence-electron chi connectivity index (χ1n) is 10.7. The second-order valence-electron chi connectivity index (χ2n) is 8.11. The molecule has 1 saturated heterocycles. The number of nitrogens with one attached hydrogen (secondary N) is 1. The summed E-state index contributed by atoms with van der Waals surface area (Å²) in [4.78, 5) is 33.8. The summed E-state index contributed by atoms with van der Waals surface area (Å²) in [6, 6.07) is 8.02. The SMILES string of the molecule is O=c1[nH]c(-c2ccncc2)nc2c1CN(Cc1ccc(N3CCCCC3)nc1)CC2. The van der Waals surface area contributed by atoms with Gasteiger partial charge in [-0.3, -0.25) is 14.7 Å². The summed E-state index contributed by atoms with van der Waals surface area (Å²) >= 11 is 0. The molecule has 0 spiro atoms. The van der Waals surface area contributed by atoms with Crippen molar-refractivity contribution in [1.29, 1.82) is 0 Å². The predicted molar refractivity (Wildman–Crippen MR) is 116 cm³/mol. The molecule has 154 valence electrons. The van der Waals surface area contributed by atoms with Crippen molar-refractivity contribution in [2.24, 2.45) is 0 Å². The average molecular weight is 403 g/mol. The first-order valence-corrected chi connectivity index (χ1v) is 10.7. The van der Waals surface area contributed by atoms with Gasteiger partial charge in [-0.2, -0.15) is 0 Å². The van der Waals surface area contributed by atoms with Crippen LogP contribution < -0.4 is 10.5 Å². The highest BCUT2D eigenvalue weighted by Crippen LogP contribution is 2.21. The van der Waals surface area contributed by atoms with Crippen LogP contribution >= 0.6 is 0 Å². The monoisotopic (exact) mass is 402 g/mol. The van der Waals surface area contributed by atoms with Crippen LogP contribution in [0.5, 0.6) is 0 Å². The van der Waals surface area contributed by atoms with Gasteiger partial charge < -0.3 is 9.88 Å². The van der Waals surface area contributed by atoms with Crippen LogP contribution in [0.1, 0.15) is 36.1 Å². The molecule has 0 saturated carbocycles. The number of fused-ring (bicyclic) bond motifs is 1. The van der Waals surface area contributed by atoms with Crippen LogP contribution in [0.15, 0.2) is 47.7 Å². The highest BCUT2D eigenvalue weighted by molar-refractivity contribution is 5.54. The fraction of sp³-hybridized carbons (Fsp3) is 0.391. The lowest BCUT2D eigenvalue weighted by Gasteiger charge is -2.29. The molecule has 0 aromatic carbocycles. The van der Waals surface area contributed by atoms with Gasteiger partial charge in [0.25, 0.3) is 5.56 Å². The van der Waals surface area contributed by atoms with E-state index in [1.54, 1.807) is 12.4 Å². The maximum atomic E-state index is 12.7. The Morgan fingerprint density at radius 1 is 1.00 bits per heavy atom. The summed E-state index contributed by atoms with van der Waals surface area (Å²) in [6.45, 7) is 4.49. The van der Waals surface area contributed by atoms with Crippen molar-refractivity contribution in [2.45, 2.75) is 38.8 Å². The summed E-state index contributed by atoms with van der Waals surface area (Å²) in [7, 11) is 0. The Labute approximate surface area is 175 Å². The minimum atomic E-state index is -0.0462. The number of aromatic nitrogens is 4. The third-order valence-corrected chi connectivity index (χ3v) is 6.00. The molecule has 2 aliphatic heterocycles. The first-order chi connectivity index (χ1) is 14.8. The molecule has 1 N–H and O–H groups in total. The molecule has 3 aromatic rings. The summed E-state index contributed by atoms with van der Waals surface area (Å²) in [5, 5.41) is 0. The average Bonchev–Trinajstić information content (AvgIpc) is 2.81. The van der Waals surface area contributed by atoms with E-state index in [0.717, 1.165) is 55.2 Å². The lowest BCUT2D eigenvalue weighted by atomic mass is 10.1. The van der Waals surface area contributed by atoms with Gasteiger partial charge in [-0.1, -0.05) is 6.07 Å². The van der Waals surface area contributed by atoms with Crippen LogP contribution in [-0.4, -0.2) is 44.5 Å². The van der Waals surface area contributed by atoms with Gasteiger partial charge >= 0.3 is 0 Å². The first kappa shape index (κ1) is 18.9. The number of anilines is 1. The Hall–Kier alpha value is -3.06. The molecule has 5 heterocycles. The second kappa shape index (κ2) is 8.36. The van der Waals surface area contributed by atoms with E-state index < -0.39 is 0 Å². The van der Waals surface area contributed by atoms with E-state index in [2.05, 4.69) is 36.9 Å². The number of aromatic amines is 1. The topological polar surface area (TPSA) is 78.0 Å². The maximum Gasteiger partial charge on any atom is 0.255 e. The van der Waals surface area contributed by atoms with Gasteiger partial charge in [0.05, 0.1) is 11.3 Å². The number of hydrogen-bond donors (Lipinski definition) is 1. The van der Waals surface area contributed by atoms with Crippen molar-refractivity contribution in [3.8, 4) is 11.4 Å². The summed E-state index contributed by atoms with van der Waals surface area (Å²) in [5.74, 6) is 1.69. The quantitative estimate of drug-likeness (QED) is 0.723. The number of hydrogen-bond acceptors (Lipinski definition) is 6. The third-order valence-electron chi connectivity index (χ3n) is 6.00. The molecular formula is C23H26N6O. The molecule has 0 atom stereocenters. The van der Waals surface area contributed by atoms with Gasteiger partial charge in [-0.15, -0.1) is 0 Å². The highest BCUT2D eigenvalue weighted by atomic mass is 16.1. The highest BCUT2D eigenvalue weighted by Gasteiger charge is 2.22. The Kier molecular flexibility index (Phi) is 5.27. The molecular weight excluding hydrogens is 376 g/mol. The van der Waals surface area contributed by atoms with E-state index in [-0.39, 0.29) is 5.56 Å². The second-order valence-corrected chi connectivity index (χ2v) is 8.11. The molecule has 7 nitrogen and oxygen atoms in total. The van der Waals surface area contributed by atoms with E-state index in [4.69, 9.17) is 4.98 Å². The molecule has 5 rings (SSSR count). The number of piperidine rings is 1. The molecule has 0 radical (unpaired) electrons. The normalized spacial score (nSPS) is 17.0. The lowest BCUT2D eigenvalue weighted by Crippen LogP contribution is -2.35. The zero-order chi connectivity index (χ0) is 20.3. The molecule has 30 heavy (non-hydrogen) atoms. The number of pyridine rings is 2. The molecule has 0 bridgehead atoms. The predicted octanol–water partition coefficient (Wildman–Crippen LogP) is 2.78. The van der Waals surface area contributed by atoms with Crippen molar-refractivity contribution in [1.82, 2.24) is 24.8 Å². The van der Waals surface area contributed by atoms with Crippen LogP contribution in [0.2, 0.25) is 0 Å². The summed E-state index contributed by atoms with van der Waals surface area (Å²) in [5.41, 5.74) is 3.69. The van der Waals surface area contributed by atoms with Crippen LogP contribution in [0.3, 0.4) is 0 Å². The molecule has 7 heteroatoms. The Morgan fingerprint density at radius 3 is 2.60 bits per heavy atom.